The first-order valence-electron chi connectivity index (χ1n) is 5.88. The van der Waals surface area contributed by atoms with Crippen LogP contribution in [0.3, 0.4) is 0 Å². The Morgan fingerprint density at radius 3 is 2.43 bits per heavy atom. The summed E-state index contributed by atoms with van der Waals surface area (Å²) >= 11 is 0. The van der Waals surface area contributed by atoms with Crippen LogP contribution < -0.4 is 5.32 Å². The first kappa shape index (κ1) is 12.0. The number of hydrogen-bond acceptors (Lipinski definition) is 3. The SMILES string of the molecule is CCN1CCCN(CC(C)NC)CC1. The van der Waals surface area contributed by atoms with Crippen LogP contribution in [-0.4, -0.2) is 62.2 Å². The minimum absolute atomic E-state index is 0.614. The molecule has 0 amide bonds. The Balaban J connectivity index is 2.27. The van der Waals surface area contributed by atoms with Gasteiger partial charge >= 0.3 is 0 Å². The Hall–Kier alpha value is -0.120. The van der Waals surface area contributed by atoms with E-state index in [-0.39, 0.29) is 0 Å². The number of hydrogen-bond donors (Lipinski definition) is 1. The number of nitrogens with one attached hydrogen (secondary N) is 1. The summed E-state index contributed by atoms with van der Waals surface area (Å²) in [5.41, 5.74) is 0. The fourth-order valence-electron chi connectivity index (χ4n) is 2.00. The van der Waals surface area contributed by atoms with Crippen molar-refractivity contribution in [1.82, 2.24) is 15.1 Å². The molecule has 1 atom stereocenters. The maximum Gasteiger partial charge on any atom is 0.0163 e. The maximum absolute atomic E-state index is 3.30. The molecule has 1 heterocycles. The Labute approximate surface area is 88.5 Å². The largest absolute Gasteiger partial charge is 0.316 e. The predicted molar refractivity (Wildman–Crippen MR) is 61.7 cm³/mol. The molecule has 1 N–H and O–H groups in total. The van der Waals surface area contributed by atoms with Crippen LogP contribution in [0.4, 0.5) is 0 Å². The molecule has 0 aliphatic carbocycles. The molecular formula is C11H25N3. The van der Waals surface area contributed by atoms with Gasteiger partial charge in [-0.25, -0.2) is 0 Å². The Morgan fingerprint density at radius 1 is 1.14 bits per heavy atom. The van der Waals surface area contributed by atoms with Crippen LogP contribution in [0.1, 0.15) is 20.3 Å². The van der Waals surface area contributed by atoms with Crippen molar-refractivity contribution in [3.63, 3.8) is 0 Å². The van der Waals surface area contributed by atoms with Crippen molar-refractivity contribution in [2.24, 2.45) is 0 Å². The van der Waals surface area contributed by atoms with Gasteiger partial charge in [-0.15, -0.1) is 0 Å². The van der Waals surface area contributed by atoms with Gasteiger partial charge in [-0.3, -0.25) is 0 Å². The highest BCUT2D eigenvalue weighted by molar-refractivity contribution is 4.72. The van der Waals surface area contributed by atoms with Crippen molar-refractivity contribution in [3.8, 4) is 0 Å². The van der Waals surface area contributed by atoms with E-state index < -0.39 is 0 Å². The molecular weight excluding hydrogens is 174 g/mol. The lowest BCUT2D eigenvalue weighted by atomic mass is 10.3. The van der Waals surface area contributed by atoms with Gasteiger partial charge in [0, 0.05) is 25.7 Å². The number of nitrogens with zero attached hydrogens (tertiary/aromatic N) is 2. The van der Waals surface area contributed by atoms with Crippen molar-refractivity contribution >= 4 is 0 Å². The Morgan fingerprint density at radius 2 is 1.79 bits per heavy atom. The van der Waals surface area contributed by atoms with Crippen molar-refractivity contribution in [3.05, 3.63) is 0 Å². The summed E-state index contributed by atoms with van der Waals surface area (Å²) in [6.45, 7) is 11.9. The lowest BCUT2D eigenvalue weighted by Gasteiger charge is -2.23. The van der Waals surface area contributed by atoms with E-state index in [1.807, 2.05) is 7.05 Å². The topological polar surface area (TPSA) is 18.5 Å². The van der Waals surface area contributed by atoms with Crippen LogP contribution in [0, 0.1) is 0 Å². The summed E-state index contributed by atoms with van der Waals surface area (Å²) in [6.07, 6.45) is 1.32. The molecule has 1 rings (SSSR count). The van der Waals surface area contributed by atoms with Gasteiger partial charge in [0.2, 0.25) is 0 Å². The lowest BCUT2D eigenvalue weighted by Crippen LogP contribution is -2.39. The fourth-order valence-corrected chi connectivity index (χ4v) is 2.00. The minimum atomic E-state index is 0.614. The van der Waals surface area contributed by atoms with Crippen LogP contribution in [-0.2, 0) is 0 Å². The summed E-state index contributed by atoms with van der Waals surface area (Å²) in [6, 6.07) is 0.614. The van der Waals surface area contributed by atoms with Crippen LogP contribution in [0.15, 0.2) is 0 Å². The number of likely N-dealkylation sites (N-methyl/N-ethyl adjacent to an activating group) is 2. The molecule has 1 unspecified atom stereocenters. The van der Waals surface area contributed by atoms with E-state index in [0.29, 0.717) is 6.04 Å². The van der Waals surface area contributed by atoms with Gasteiger partial charge in [-0.1, -0.05) is 6.92 Å². The minimum Gasteiger partial charge on any atom is -0.316 e. The molecule has 0 radical (unpaired) electrons. The molecule has 3 nitrogen and oxygen atoms in total. The summed E-state index contributed by atoms with van der Waals surface area (Å²) in [4.78, 5) is 5.13. The summed E-state index contributed by atoms with van der Waals surface area (Å²) in [7, 11) is 2.04. The van der Waals surface area contributed by atoms with Crippen LogP contribution in [0.25, 0.3) is 0 Å². The predicted octanol–water partition coefficient (Wildman–Crippen LogP) is 0.622. The zero-order valence-corrected chi connectivity index (χ0v) is 9.92. The van der Waals surface area contributed by atoms with Crippen LogP contribution in [0.2, 0.25) is 0 Å². The van der Waals surface area contributed by atoms with Crippen molar-refractivity contribution in [2.45, 2.75) is 26.3 Å². The molecule has 0 spiro atoms. The highest BCUT2D eigenvalue weighted by atomic mass is 15.2. The second-order valence-corrected chi connectivity index (χ2v) is 4.28. The first-order chi connectivity index (χ1) is 6.76. The van der Waals surface area contributed by atoms with Crippen LogP contribution in [0.5, 0.6) is 0 Å². The van der Waals surface area contributed by atoms with Crippen LogP contribution >= 0.6 is 0 Å². The van der Waals surface area contributed by atoms with E-state index in [1.54, 1.807) is 0 Å². The zero-order chi connectivity index (χ0) is 10.4. The molecule has 0 bridgehead atoms. The monoisotopic (exact) mass is 199 g/mol. The summed E-state index contributed by atoms with van der Waals surface area (Å²) in [5.74, 6) is 0. The Bertz CT molecular complexity index is 149. The molecule has 1 fully saturated rings. The summed E-state index contributed by atoms with van der Waals surface area (Å²) in [5, 5.41) is 3.30. The van der Waals surface area contributed by atoms with E-state index in [4.69, 9.17) is 0 Å². The van der Waals surface area contributed by atoms with Gasteiger partial charge in [0.25, 0.3) is 0 Å². The second-order valence-electron chi connectivity index (χ2n) is 4.28. The Kier molecular flexibility index (Phi) is 5.45. The van der Waals surface area contributed by atoms with Crippen molar-refractivity contribution in [1.29, 1.82) is 0 Å². The smallest absolute Gasteiger partial charge is 0.0163 e. The normalized spacial score (nSPS) is 23.4. The average molecular weight is 199 g/mol. The van der Waals surface area contributed by atoms with E-state index in [9.17, 15) is 0 Å². The third kappa shape index (κ3) is 3.95. The van der Waals surface area contributed by atoms with E-state index in [2.05, 4.69) is 29.0 Å². The fraction of sp³-hybridized carbons (Fsp3) is 1.00. The highest BCUT2D eigenvalue weighted by Crippen LogP contribution is 2.03. The molecule has 1 aliphatic heterocycles. The molecule has 0 aromatic rings. The molecule has 3 heteroatoms. The zero-order valence-electron chi connectivity index (χ0n) is 9.92. The lowest BCUT2D eigenvalue weighted by molar-refractivity contribution is 0.247. The summed E-state index contributed by atoms with van der Waals surface area (Å²) < 4.78 is 0. The molecule has 0 aromatic carbocycles. The third-order valence-electron chi connectivity index (χ3n) is 3.15. The first-order valence-corrected chi connectivity index (χ1v) is 5.88. The average Bonchev–Trinajstić information content (AvgIpc) is 2.43. The van der Waals surface area contributed by atoms with Gasteiger partial charge in [-0.2, -0.15) is 0 Å². The van der Waals surface area contributed by atoms with Crippen molar-refractivity contribution in [2.75, 3.05) is 46.3 Å². The van der Waals surface area contributed by atoms with E-state index in [1.165, 1.54) is 45.7 Å². The van der Waals surface area contributed by atoms with Crippen molar-refractivity contribution < 1.29 is 0 Å². The number of rotatable bonds is 4. The molecule has 1 aliphatic rings. The van der Waals surface area contributed by atoms with Gasteiger partial charge < -0.3 is 15.1 Å². The molecule has 0 aromatic heterocycles. The maximum atomic E-state index is 3.30. The van der Waals surface area contributed by atoms with Gasteiger partial charge in [-0.05, 0) is 40.0 Å². The second kappa shape index (κ2) is 6.38. The van der Waals surface area contributed by atoms with Gasteiger partial charge in [0.1, 0.15) is 0 Å². The third-order valence-corrected chi connectivity index (χ3v) is 3.15. The van der Waals surface area contributed by atoms with Gasteiger partial charge in [0.05, 0.1) is 0 Å². The quantitative estimate of drug-likeness (QED) is 0.716. The standard InChI is InChI=1S/C11H25N3/c1-4-13-6-5-7-14(9-8-13)10-11(2)12-3/h11-12H,4-10H2,1-3H3. The molecule has 84 valence electrons. The molecule has 0 saturated carbocycles. The highest BCUT2D eigenvalue weighted by Gasteiger charge is 2.14. The molecule has 14 heavy (non-hydrogen) atoms. The van der Waals surface area contributed by atoms with E-state index >= 15 is 0 Å². The molecule has 1 saturated heterocycles. The van der Waals surface area contributed by atoms with E-state index in [0.717, 1.165) is 0 Å². The van der Waals surface area contributed by atoms with Gasteiger partial charge in [0.15, 0.2) is 0 Å².